The van der Waals surface area contributed by atoms with E-state index >= 15 is 0 Å². The number of aliphatic hydroxyl groups excluding tert-OH is 1. The lowest BCUT2D eigenvalue weighted by atomic mass is 9.98. The number of carbonyl (C=O) groups excluding carboxylic acids is 1. The first-order chi connectivity index (χ1) is 15.3. The molecular weight excluding hydrogens is 439 g/mol. The lowest BCUT2D eigenvalue weighted by molar-refractivity contribution is -0.130. The van der Waals surface area contributed by atoms with E-state index in [1.807, 2.05) is 0 Å². The van der Waals surface area contributed by atoms with Crippen molar-refractivity contribution >= 4 is 15.9 Å². The van der Waals surface area contributed by atoms with E-state index in [4.69, 9.17) is 9.47 Å². The number of benzene rings is 2. The number of hydrogen-bond donors (Lipinski definition) is 3. The number of ether oxygens (including phenoxy) is 2. The number of rotatable bonds is 9. The predicted molar refractivity (Wildman–Crippen MR) is 115 cm³/mol. The van der Waals surface area contributed by atoms with E-state index < -0.39 is 28.3 Å². The molecule has 1 aliphatic heterocycles. The highest BCUT2D eigenvalue weighted by Crippen LogP contribution is 2.24. The molecule has 1 aliphatic rings. The van der Waals surface area contributed by atoms with E-state index in [-0.39, 0.29) is 36.2 Å². The Morgan fingerprint density at radius 1 is 1.22 bits per heavy atom. The Labute approximate surface area is 186 Å². The molecule has 2 aromatic rings. The maximum atomic E-state index is 13.0. The molecule has 10 heteroatoms. The van der Waals surface area contributed by atoms with Crippen LogP contribution in [0.4, 0.5) is 4.39 Å². The van der Waals surface area contributed by atoms with Gasteiger partial charge in [0, 0.05) is 12.6 Å². The zero-order valence-corrected chi connectivity index (χ0v) is 18.5. The van der Waals surface area contributed by atoms with Gasteiger partial charge >= 0.3 is 0 Å². The van der Waals surface area contributed by atoms with Gasteiger partial charge in [-0.3, -0.25) is 4.79 Å². The van der Waals surface area contributed by atoms with E-state index in [2.05, 4.69) is 10.0 Å². The first-order valence-corrected chi connectivity index (χ1v) is 11.7. The van der Waals surface area contributed by atoms with Gasteiger partial charge in [-0.15, -0.1) is 0 Å². The molecule has 0 unspecified atom stereocenters. The molecular formula is C22H27FN2O6S. The van der Waals surface area contributed by atoms with Crippen molar-refractivity contribution in [2.45, 2.75) is 49.0 Å². The molecule has 174 valence electrons. The number of methoxy groups -OCH3 is 1. The smallest absolute Gasteiger partial charge is 0.241 e. The average molecular weight is 467 g/mol. The Balaban J connectivity index is 1.53. The minimum Gasteiger partial charge on any atom is -0.497 e. The maximum Gasteiger partial charge on any atom is 0.241 e. The van der Waals surface area contributed by atoms with Crippen molar-refractivity contribution in [3.63, 3.8) is 0 Å². The summed E-state index contributed by atoms with van der Waals surface area (Å²) in [7, 11) is -2.40. The average Bonchev–Trinajstić information content (AvgIpc) is 2.79. The number of aliphatic hydroxyl groups is 1. The molecule has 32 heavy (non-hydrogen) atoms. The molecule has 0 spiro atoms. The molecule has 0 bridgehead atoms. The van der Waals surface area contributed by atoms with Gasteiger partial charge in [0.2, 0.25) is 15.9 Å². The van der Waals surface area contributed by atoms with Gasteiger partial charge in [0.15, 0.2) is 0 Å². The molecule has 1 amide bonds. The van der Waals surface area contributed by atoms with Crippen LogP contribution in [0.5, 0.6) is 5.75 Å². The third kappa shape index (κ3) is 6.49. The standard InChI is InChI=1S/C22H27FN2O6S/c1-30-17-3-2-4-19(11-17)32(28,29)25-20-10-9-18(31-21(20)14-26)12-22(27)24-13-15-5-7-16(23)8-6-15/h2-8,11,18,20-21,25-26H,9-10,12-14H2,1H3,(H,24,27)/t18-,20+,21+/m0/s1. The van der Waals surface area contributed by atoms with Crippen LogP contribution in [0.3, 0.4) is 0 Å². The van der Waals surface area contributed by atoms with E-state index in [1.165, 1.54) is 31.4 Å². The number of carbonyl (C=O) groups is 1. The van der Waals surface area contributed by atoms with Crippen molar-refractivity contribution in [2.75, 3.05) is 13.7 Å². The van der Waals surface area contributed by atoms with Crippen molar-refractivity contribution in [1.29, 1.82) is 0 Å². The van der Waals surface area contributed by atoms with Gasteiger partial charge in [-0.25, -0.2) is 17.5 Å². The van der Waals surface area contributed by atoms with Crippen LogP contribution in [0.15, 0.2) is 53.4 Å². The Bertz CT molecular complexity index is 1020. The van der Waals surface area contributed by atoms with Gasteiger partial charge in [-0.05, 0) is 42.7 Å². The van der Waals surface area contributed by atoms with Crippen molar-refractivity contribution in [1.82, 2.24) is 10.0 Å². The molecule has 3 atom stereocenters. The zero-order chi connectivity index (χ0) is 23.1. The van der Waals surface area contributed by atoms with Crippen LogP contribution in [0.1, 0.15) is 24.8 Å². The van der Waals surface area contributed by atoms with Crippen LogP contribution in [0.25, 0.3) is 0 Å². The third-order valence-electron chi connectivity index (χ3n) is 5.27. The highest BCUT2D eigenvalue weighted by atomic mass is 32.2. The van der Waals surface area contributed by atoms with E-state index in [0.29, 0.717) is 18.6 Å². The second-order valence-corrected chi connectivity index (χ2v) is 9.28. The lowest BCUT2D eigenvalue weighted by Crippen LogP contribution is -2.51. The Kier molecular flexibility index (Phi) is 8.19. The van der Waals surface area contributed by atoms with E-state index in [0.717, 1.165) is 5.56 Å². The molecule has 0 radical (unpaired) electrons. The van der Waals surface area contributed by atoms with Gasteiger partial charge in [0.1, 0.15) is 11.6 Å². The van der Waals surface area contributed by atoms with Crippen molar-refractivity contribution < 1.29 is 32.2 Å². The van der Waals surface area contributed by atoms with Crippen LogP contribution in [-0.2, 0) is 26.1 Å². The fourth-order valence-electron chi connectivity index (χ4n) is 3.53. The second kappa shape index (κ2) is 10.9. The van der Waals surface area contributed by atoms with E-state index in [1.54, 1.807) is 24.3 Å². The van der Waals surface area contributed by atoms with Gasteiger partial charge in [0.25, 0.3) is 0 Å². The van der Waals surface area contributed by atoms with E-state index in [9.17, 15) is 22.7 Å². The summed E-state index contributed by atoms with van der Waals surface area (Å²) in [4.78, 5) is 12.3. The van der Waals surface area contributed by atoms with Gasteiger partial charge in [0.05, 0.1) is 43.3 Å². The lowest BCUT2D eigenvalue weighted by Gasteiger charge is -2.35. The summed E-state index contributed by atoms with van der Waals surface area (Å²) in [6, 6.07) is 11.3. The Morgan fingerprint density at radius 2 is 1.97 bits per heavy atom. The molecule has 1 saturated heterocycles. The summed E-state index contributed by atoms with van der Waals surface area (Å²) in [5.41, 5.74) is 0.768. The number of sulfonamides is 1. The number of nitrogens with one attached hydrogen (secondary N) is 2. The van der Waals surface area contributed by atoms with Gasteiger partial charge < -0.3 is 19.9 Å². The van der Waals surface area contributed by atoms with Crippen LogP contribution < -0.4 is 14.8 Å². The molecule has 8 nitrogen and oxygen atoms in total. The normalized spacial score (nSPS) is 21.2. The summed E-state index contributed by atoms with van der Waals surface area (Å²) >= 11 is 0. The summed E-state index contributed by atoms with van der Waals surface area (Å²) in [5.74, 6) is -0.174. The van der Waals surface area contributed by atoms with Crippen LogP contribution in [0.2, 0.25) is 0 Å². The highest BCUT2D eigenvalue weighted by Gasteiger charge is 2.34. The summed E-state index contributed by atoms with van der Waals surface area (Å²) in [6.45, 7) is -0.128. The van der Waals surface area contributed by atoms with Crippen molar-refractivity contribution in [2.24, 2.45) is 0 Å². The van der Waals surface area contributed by atoms with Crippen molar-refractivity contribution in [3.8, 4) is 5.75 Å². The first-order valence-electron chi connectivity index (χ1n) is 10.2. The second-order valence-electron chi connectivity index (χ2n) is 7.57. The SMILES string of the molecule is COc1cccc(S(=O)(=O)N[C@@H]2CC[C@@H](CC(=O)NCc3ccc(F)cc3)O[C@@H]2CO)c1. The molecule has 0 aromatic heterocycles. The zero-order valence-electron chi connectivity index (χ0n) is 17.7. The minimum absolute atomic E-state index is 0.0517. The molecule has 3 rings (SSSR count). The molecule has 0 aliphatic carbocycles. The molecule has 0 saturated carbocycles. The maximum absolute atomic E-state index is 13.0. The fraction of sp³-hybridized carbons (Fsp3) is 0.409. The van der Waals surface area contributed by atoms with Crippen molar-refractivity contribution in [3.05, 3.63) is 59.9 Å². The summed E-state index contributed by atoms with van der Waals surface area (Å²) in [5, 5.41) is 12.5. The highest BCUT2D eigenvalue weighted by molar-refractivity contribution is 7.89. The van der Waals surface area contributed by atoms with Crippen LogP contribution in [0, 0.1) is 5.82 Å². The monoisotopic (exact) mass is 466 g/mol. The van der Waals surface area contributed by atoms with Crippen LogP contribution >= 0.6 is 0 Å². The largest absolute Gasteiger partial charge is 0.497 e. The Morgan fingerprint density at radius 3 is 2.66 bits per heavy atom. The molecule has 3 N–H and O–H groups in total. The van der Waals surface area contributed by atoms with Gasteiger partial charge in [-0.1, -0.05) is 18.2 Å². The quantitative estimate of drug-likeness (QED) is 0.519. The minimum atomic E-state index is -3.85. The molecule has 2 aromatic carbocycles. The first kappa shape index (κ1) is 24.1. The topological polar surface area (TPSA) is 114 Å². The molecule has 1 fully saturated rings. The fourth-order valence-corrected chi connectivity index (χ4v) is 4.87. The number of amides is 1. The third-order valence-corrected chi connectivity index (χ3v) is 6.76. The number of hydrogen-bond acceptors (Lipinski definition) is 6. The summed E-state index contributed by atoms with van der Waals surface area (Å²) in [6.07, 6.45) is -0.291. The number of halogens is 1. The van der Waals surface area contributed by atoms with Crippen LogP contribution in [-0.4, -0.2) is 51.4 Å². The molecule has 1 heterocycles. The Hall–Kier alpha value is -2.53. The summed E-state index contributed by atoms with van der Waals surface area (Å²) < 4.78 is 51.9. The predicted octanol–water partition coefficient (Wildman–Crippen LogP) is 1.73. The van der Waals surface area contributed by atoms with Gasteiger partial charge in [-0.2, -0.15) is 0 Å².